The average Bonchev–Trinajstić information content (AvgIpc) is 3.12. The van der Waals surface area contributed by atoms with Gasteiger partial charge >= 0.3 is 0 Å². The molecule has 7 heteroatoms. The Bertz CT molecular complexity index is 822. The van der Waals surface area contributed by atoms with Crippen LogP contribution in [0.2, 0.25) is 0 Å². The molecule has 1 fully saturated rings. The number of hydrogen-bond acceptors (Lipinski definition) is 4. The highest BCUT2D eigenvalue weighted by molar-refractivity contribution is 6.07. The number of nitrogens with one attached hydrogen (secondary N) is 2. The molecule has 2 N–H and O–H groups in total. The summed E-state index contributed by atoms with van der Waals surface area (Å²) in [6.07, 6.45) is 5.80. The van der Waals surface area contributed by atoms with E-state index in [1.807, 2.05) is 18.2 Å². The Morgan fingerprint density at radius 2 is 2.00 bits per heavy atom. The normalized spacial score (nSPS) is 16.4. The van der Waals surface area contributed by atoms with Crippen LogP contribution in [0.25, 0.3) is 0 Å². The predicted molar refractivity (Wildman–Crippen MR) is 108 cm³/mol. The lowest BCUT2D eigenvalue weighted by atomic mass is 9.97. The Balaban J connectivity index is 0.00000210. The van der Waals surface area contributed by atoms with Crippen LogP contribution in [0.15, 0.2) is 42.7 Å². The van der Waals surface area contributed by atoms with E-state index in [0.29, 0.717) is 12.1 Å². The van der Waals surface area contributed by atoms with Gasteiger partial charge in [-0.15, -0.1) is 12.4 Å². The van der Waals surface area contributed by atoms with Gasteiger partial charge in [0.15, 0.2) is 0 Å². The van der Waals surface area contributed by atoms with Crippen molar-refractivity contribution in [2.24, 2.45) is 5.92 Å². The topological polar surface area (TPSA) is 74.3 Å². The van der Waals surface area contributed by atoms with E-state index in [4.69, 9.17) is 0 Å². The summed E-state index contributed by atoms with van der Waals surface area (Å²) in [5.41, 5.74) is 3.40. The van der Waals surface area contributed by atoms with Crippen LogP contribution in [0, 0.1) is 5.92 Å². The second-order valence-electron chi connectivity index (χ2n) is 6.81. The summed E-state index contributed by atoms with van der Waals surface area (Å²) in [4.78, 5) is 30.9. The van der Waals surface area contributed by atoms with Gasteiger partial charge in [0.05, 0.1) is 5.56 Å². The largest absolute Gasteiger partial charge is 0.326 e. The maximum absolute atomic E-state index is 12.7. The molecular formula is C20H23ClN4O2. The van der Waals surface area contributed by atoms with E-state index in [0.717, 1.165) is 49.3 Å². The highest BCUT2D eigenvalue weighted by atomic mass is 35.5. The second kappa shape index (κ2) is 8.50. The monoisotopic (exact) mass is 386 g/mol. The van der Waals surface area contributed by atoms with E-state index < -0.39 is 0 Å². The number of fused-ring (bicyclic) bond motifs is 1. The van der Waals surface area contributed by atoms with Gasteiger partial charge < -0.3 is 15.5 Å². The molecule has 0 unspecified atom stereocenters. The van der Waals surface area contributed by atoms with Crippen molar-refractivity contribution in [2.45, 2.75) is 19.3 Å². The molecule has 2 aliphatic rings. The maximum atomic E-state index is 12.7. The Kier molecular flexibility index (Phi) is 6.08. The molecule has 0 radical (unpaired) electrons. The first-order valence-corrected chi connectivity index (χ1v) is 9.09. The van der Waals surface area contributed by atoms with Gasteiger partial charge in [-0.1, -0.05) is 0 Å². The molecule has 3 heterocycles. The van der Waals surface area contributed by atoms with E-state index in [-0.39, 0.29) is 30.1 Å². The molecule has 2 aromatic rings. The molecule has 0 spiro atoms. The van der Waals surface area contributed by atoms with E-state index in [1.54, 1.807) is 29.4 Å². The summed E-state index contributed by atoms with van der Waals surface area (Å²) in [5.74, 6) is 0.129. The van der Waals surface area contributed by atoms with Gasteiger partial charge in [-0.25, -0.2) is 0 Å². The zero-order chi connectivity index (χ0) is 17.9. The average molecular weight is 387 g/mol. The second-order valence-corrected chi connectivity index (χ2v) is 6.81. The Labute approximate surface area is 164 Å². The van der Waals surface area contributed by atoms with Crippen LogP contribution in [0.5, 0.6) is 0 Å². The summed E-state index contributed by atoms with van der Waals surface area (Å²) in [7, 11) is 0. The number of hydrogen-bond donors (Lipinski definition) is 2. The van der Waals surface area contributed by atoms with Crippen molar-refractivity contribution < 1.29 is 9.59 Å². The summed E-state index contributed by atoms with van der Waals surface area (Å²) in [6.45, 7) is 2.44. The third kappa shape index (κ3) is 4.12. The van der Waals surface area contributed by atoms with Crippen LogP contribution in [-0.2, 0) is 11.2 Å². The minimum atomic E-state index is -0.0386. The van der Waals surface area contributed by atoms with Crippen LogP contribution in [-0.4, -0.2) is 36.4 Å². The van der Waals surface area contributed by atoms with E-state index in [2.05, 4.69) is 15.6 Å². The number of benzene rings is 1. The molecule has 0 atom stereocenters. The van der Waals surface area contributed by atoms with Gasteiger partial charge in [-0.05, 0) is 68.2 Å². The number of carbonyl (C=O) groups is 2. The standard InChI is InChI=1S/C20H22N4O2.ClH/c25-19(14-5-9-21-10-6-14)23-17-3-4-18-15(12-17)7-11-24(18)20(26)16-2-1-8-22-13-16;/h1-4,8,12-14,21H,5-7,9-11H2,(H,23,25);1H. The summed E-state index contributed by atoms with van der Waals surface area (Å²) in [5, 5.41) is 6.31. The smallest absolute Gasteiger partial charge is 0.259 e. The fourth-order valence-corrected chi connectivity index (χ4v) is 3.66. The van der Waals surface area contributed by atoms with Crippen LogP contribution < -0.4 is 15.5 Å². The molecule has 2 aliphatic heterocycles. The number of amides is 2. The molecule has 142 valence electrons. The van der Waals surface area contributed by atoms with Crippen molar-refractivity contribution in [3.8, 4) is 0 Å². The lowest BCUT2D eigenvalue weighted by Crippen LogP contribution is -2.34. The molecule has 27 heavy (non-hydrogen) atoms. The van der Waals surface area contributed by atoms with Crippen molar-refractivity contribution in [3.05, 3.63) is 53.9 Å². The molecule has 0 aliphatic carbocycles. The number of pyridine rings is 1. The van der Waals surface area contributed by atoms with Crippen LogP contribution in [0.1, 0.15) is 28.8 Å². The molecule has 1 aromatic heterocycles. The Morgan fingerprint density at radius 3 is 2.74 bits per heavy atom. The number of piperidine rings is 1. The highest BCUT2D eigenvalue weighted by Crippen LogP contribution is 2.32. The Hall–Kier alpha value is -2.44. The Morgan fingerprint density at radius 1 is 1.19 bits per heavy atom. The fourth-order valence-electron chi connectivity index (χ4n) is 3.66. The molecule has 0 bridgehead atoms. The van der Waals surface area contributed by atoms with E-state index >= 15 is 0 Å². The SMILES string of the molecule is Cl.O=C(Nc1ccc2c(c1)CCN2C(=O)c1cccnc1)C1CCNCC1. The number of carbonyl (C=O) groups excluding carboxylic acids is 2. The van der Waals surface area contributed by atoms with Gasteiger partial charge in [0, 0.05) is 36.2 Å². The van der Waals surface area contributed by atoms with E-state index in [9.17, 15) is 9.59 Å². The third-order valence-corrected chi connectivity index (χ3v) is 5.11. The van der Waals surface area contributed by atoms with Crippen molar-refractivity contribution in [1.82, 2.24) is 10.3 Å². The molecule has 0 saturated carbocycles. The van der Waals surface area contributed by atoms with Crippen LogP contribution >= 0.6 is 12.4 Å². The quantitative estimate of drug-likeness (QED) is 0.850. The molecule has 2 amide bonds. The first-order chi connectivity index (χ1) is 12.7. The van der Waals surface area contributed by atoms with Gasteiger partial charge in [0.2, 0.25) is 5.91 Å². The van der Waals surface area contributed by atoms with Gasteiger partial charge in [-0.3, -0.25) is 14.6 Å². The third-order valence-electron chi connectivity index (χ3n) is 5.11. The minimum absolute atomic E-state index is 0. The van der Waals surface area contributed by atoms with E-state index in [1.165, 1.54) is 0 Å². The summed E-state index contributed by atoms with van der Waals surface area (Å²) >= 11 is 0. The minimum Gasteiger partial charge on any atom is -0.326 e. The number of aromatic nitrogens is 1. The van der Waals surface area contributed by atoms with Crippen molar-refractivity contribution in [2.75, 3.05) is 29.9 Å². The van der Waals surface area contributed by atoms with Crippen molar-refractivity contribution in [3.63, 3.8) is 0 Å². The predicted octanol–water partition coefficient (Wildman–Crippen LogP) is 2.64. The zero-order valence-electron chi connectivity index (χ0n) is 15.0. The zero-order valence-corrected chi connectivity index (χ0v) is 15.8. The first-order valence-electron chi connectivity index (χ1n) is 9.09. The number of nitrogens with zero attached hydrogens (tertiary/aromatic N) is 2. The fraction of sp³-hybridized carbons (Fsp3) is 0.350. The summed E-state index contributed by atoms with van der Waals surface area (Å²) < 4.78 is 0. The molecule has 1 aromatic carbocycles. The highest BCUT2D eigenvalue weighted by Gasteiger charge is 2.26. The maximum Gasteiger partial charge on any atom is 0.259 e. The summed E-state index contributed by atoms with van der Waals surface area (Å²) in [6, 6.07) is 9.34. The van der Waals surface area contributed by atoms with Gasteiger partial charge in [0.1, 0.15) is 0 Å². The first kappa shape index (κ1) is 19.3. The number of rotatable bonds is 3. The van der Waals surface area contributed by atoms with Gasteiger partial charge in [0.25, 0.3) is 5.91 Å². The van der Waals surface area contributed by atoms with Crippen molar-refractivity contribution in [1.29, 1.82) is 0 Å². The molecule has 6 nitrogen and oxygen atoms in total. The number of anilines is 2. The molecule has 1 saturated heterocycles. The molecular weight excluding hydrogens is 364 g/mol. The lowest BCUT2D eigenvalue weighted by Gasteiger charge is -2.22. The van der Waals surface area contributed by atoms with Crippen LogP contribution in [0.4, 0.5) is 11.4 Å². The lowest BCUT2D eigenvalue weighted by molar-refractivity contribution is -0.120. The molecule has 4 rings (SSSR count). The van der Waals surface area contributed by atoms with Crippen molar-refractivity contribution >= 4 is 35.6 Å². The van der Waals surface area contributed by atoms with Crippen LogP contribution in [0.3, 0.4) is 0 Å². The number of halogens is 1. The van der Waals surface area contributed by atoms with Gasteiger partial charge in [-0.2, -0.15) is 0 Å².